The van der Waals surface area contributed by atoms with E-state index in [1.54, 1.807) is 13.0 Å². The highest BCUT2D eigenvalue weighted by Gasteiger charge is 2.25. The van der Waals surface area contributed by atoms with Crippen molar-refractivity contribution in [2.24, 2.45) is 0 Å². The third kappa shape index (κ3) is 1.60. The van der Waals surface area contributed by atoms with Gasteiger partial charge in [0.1, 0.15) is 12.5 Å². The minimum atomic E-state index is -0.570. The van der Waals surface area contributed by atoms with Crippen LogP contribution in [-0.4, -0.2) is 4.92 Å². The molecule has 0 atom stereocenters. The van der Waals surface area contributed by atoms with Crippen LogP contribution in [0.2, 0.25) is 0 Å². The zero-order chi connectivity index (χ0) is 11.7. The molecule has 1 aromatic carbocycles. The molecule has 0 saturated carbocycles. The second kappa shape index (κ2) is 3.84. The first-order chi connectivity index (χ1) is 7.61. The molecule has 84 valence electrons. The first-order valence-corrected chi connectivity index (χ1v) is 4.81. The van der Waals surface area contributed by atoms with Gasteiger partial charge in [0.2, 0.25) is 0 Å². The topological polar surface area (TPSA) is 61.6 Å². The summed E-state index contributed by atoms with van der Waals surface area (Å²) in [5.41, 5.74) is 2.30. The van der Waals surface area contributed by atoms with Crippen LogP contribution in [0.5, 0.6) is 0 Å². The van der Waals surface area contributed by atoms with Crippen molar-refractivity contribution >= 4 is 5.69 Å². The minimum Gasteiger partial charge on any atom is -0.455 e. The highest BCUT2D eigenvalue weighted by atomic mass is 16.7. The average molecular weight is 221 g/mol. The molecule has 0 unspecified atom stereocenters. The van der Waals surface area contributed by atoms with Crippen molar-refractivity contribution in [2.75, 3.05) is 0 Å². The van der Waals surface area contributed by atoms with Crippen molar-refractivity contribution in [3.63, 3.8) is 0 Å². The Labute approximate surface area is 92.4 Å². The third-order valence-corrected chi connectivity index (χ3v) is 2.60. The van der Waals surface area contributed by atoms with Gasteiger partial charge < -0.3 is 9.47 Å². The van der Waals surface area contributed by atoms with E-state index in [0.717, 1.165) is 11.1 Å². The number of ether oxygens (including phenoxy) is 2. The number of benzene rings is 1. The van der Waals surface area contributed by atoms with Gasteiger partial charge in [0.25, 0.3) is 12.0 Å². The summed E-state index contributed by atoms with van der Waals surface area (Å²) in [4.78, 5) is 10.4. The van der Waals surface area contributed by atoms with Crippen molar-refractivity contribution in [3.8, 4) is 0 Å². The highest BCUT2D eigenvalue weighted by Crippen LogP contribution is 2.33. The molecule has 1 aliphatic rings. The molecule has 5 heteroatoms. The predicted octanol–water partition coefficient (Wildman–Crippen LogP) is 2.73. The molecule has 0 aliphatic carbocycles. The molecule has 16 heavy (non-hydrogen) atoms. The average Bonchev–Trinajstić information content (AvgIpc) is 2.70. The maximum Gasteiger partial charge on any atom is 0.272 e. The second-order valence-corrected chi connectivity index (χ2v) is 3.57. The molecule has 1 heterocycles. The first-order valence-electron chi connectivity index (χ1n) is 4.81. The molecule has 0 spiro atoms. The van der Waals surface area contributed by atoms with Gasteiger partial charge in [0.05, 0.1) is 4.92 Å². The van der Waals surface area contributed by atoms with E-state index in [4.69, 9.17) is 9.47 Å². The van der Waals surface area contributed by atoms with Crippen LogP contribution < -0.4 is 0 Å². The molecule has 0 bridgehead atoms. The fourth-order valence-corrected chi connectivity index (χ4v) is 1.79. The van der Waals surface area contributed by atoms with Gasteiger partial charge in [-0.1, -0.05) is 6.07 Å². The summed E-state index contributed by atoms with van der Waals surface area (Å²) in [7, 11) is 0. The summed E-state index contributed by atoms with van der Waals surface area (Å²) in [6.45, 7) is 3.57. The number of nitro benzene ring substituents is 1. The normalized spacial score (nSPS) is 14.6. The van der Waals surface area contributed by atoms with E-state index in [9.17, 15) is 10.1 Å². The summed E-state index contributed by atoms with van der Waals surface area (Å²) >= 11 is 0. The number of rotatable bonds is 2. The molecule has 0 radical (unpaired) electrons. The van der Waals surface area contributed by atoms with Gasteiger partial charge in [0.15, 0.2) is 0 Å². The number of aryl methyl sites for hydroxylation is 1. The van der Waals surface area contributed by atoms with Crippen LogP contribution in [0.1, 0.15) is 23.0 Å². The quantitative estimate of drug-likeness (QED) is 0.569. The van der Waals surface area contributed by atoms with E-state index in [0.29, 0.717) is 5.56 Å². The fraction of sp³-hybridized carbons (Fsp3) is 0.273. The SMILES string of the molecule is Cc1ccc([N+](=O)[O-])c(C)c1C1OC=CO1. The lowest BCUT2D eigenvalue weighted by atomic mass is 10.0. The van der Waals surface area contributed by atoms with Crippen molar-refractivity contribution < 1.29 is 14.4 Å². The van der Waals surface area contributed by atoms with Crippen molar-refractivity contribution in [3.05, 3.63) is 51.5 Å². The van der Waals surface area contributed by atoms with Gasteiger partial charge >= 0.3 is 0 Å². The van der Waals surface area contributed by atoms with Crippen LogP contribution in [0, 0.1) is 24.0 Å². The molecule has 5 nitrogen and oxygen atoms in total. The number of hydrogen-bond donors (Lipinski definition) is 0. The lowest BCUT2D eigenvalue weighted by molar-refractivity contribution is -0.385. The number of nitro groups is 1. The molecule has 0 N–H and O–H groups in total. The molecule has 0 aromatic heterocycles. The molecule has 0 fully saturated rings. The Morgan fingerprint density at radius 1 is 1.25 bits per heavy atom. The van der Waals surface area contributed by atoms with Crippen molar-refractivity contribution in [1.82, 2.24) is 0 Å². The zero-order valence-electron chi connectivity index (χ0n) is 8.97. The van der Waals surface area contributed by atoms with Crippen LogP contribution >= 0.6 is 0 Å². The summed E-state index contributed by atoms with van der Waals surface area (Å²) in [6.07, 6.45) is 2.30. The molecule has 0 amide bonds. The largest absolute Gasteiger partial charge is 0.455 e. The molecule has 2 rings (SSSR count). The Kier molecular flexibility index (Phi) is 2.52. The van der Waals surface area contributed by atoms with Crippen LogP contribution in [0.3, 0.4) is 0 Å². The zero-order valence-corrected chi connectivity index (χ0v) is 8.97. The summed E-state index contributed by atoms with van der Waals surface area (Å²) in [6, 6.07) is 3.20. The first kappa shape index (κ1) is 10.5. The Hall–Kier alpha value is -2.04. The smallest absolute Gasteiger partial charge is 0.272 e. The summed E-state index contributed by atoms with van der Waals surface area (Å²) in [5, 5.41) is 10.8. The predicted molar refractivity (Wildman–Crippen MR) is 56.6 cm³/mol. The van der Waals surface area contributed by atoms with E-state index in [1.165, 1.54) is 18.6 Å². The summed E-state index contributed by atoms with van der Waals surface area (Å²) < 4.78 is 10.4. The Morgan fingerprint density at radius 3 is 2.44 bits per heavy atom. The van der Waals surface area contributed by atoms with Crippen LogP contribution in [0.15, 0.2) is 24.7 Å². The Balaban J connectivity index is 2.50. The molecular formula is C11H11NO4. The van der Waals surface area contributed by atoms with Gasteiger partial charge in [-0.2, -0.15) is 0 Å². The van der Waals surface area contributed by atoms with Crippen LogP contribution in [-0.2, 0) is 9.47 Å². The van der Waals surface area contributed by atoms with Gasteiger partial charge in [-0.15, -0.1) is 0 Å². The minimum absolute atomic E-state index is 0.0831. The lowest BCUT2D eigenvalue weighted by Crippen LogP contribution is -2.05. The van der Waals surface area contributed by atoms with E-state index in [-0.39, 0.29) is 5.69 Å². The Bertz CT molecular complexity index is 459. The Morgan fingerprint density at radius 2 is 1.88 bits per heavy atom. The van der Waals surface area contributed by atoms with Gasteiger partial charge in [0, 0.05) is 17.2 Å². The molecular weight excluding hydrogens is 210 g/mol. The monoisotopic (exact) mass is 221 g/mol. The molecule has 1 aliphatic heterocycles. The highest BCUT2D eigenvalue weighted by molar-refractivity contribution is 5.49. The maximum atomic E-state index is 10.8. The summed E-state index contributed by atoms with van der Waals surface area (Å²) in [5.74, 6) is 0. The number of hydrogen-bond acceptors (Lipinski definition) is 4. The van der Waals surface area contributed by atoms with Gasteiger partial charge in [-0.3, -0.25) is 10.1 Å². The second-order valence-electron chi connectivity index (χ2n) is 3.57. The van der Waals surface area contributed by atoms with Crippen molar-refractivity contribution in [2.45, 2.75) is 20.1 Å². The third-order valence-electron chi connectivity index (χ3n) is 2.60. The van der Waals surface area contributed by atoms with Crippen LogP contribution in [0.4, 0.5) is 5.69 Å². The van der Waals surface area contributed by atoms with Crippen LogP contribution in [0.25, 0.3) is 0 Å². The fourth-order valence-electron chi connectivity index (χ4n) is 1.79. The van der Waals surface area contributed by atoms with Gasteiger partial charge in [-0.05, 0) is 19.4 Å². The van der Waals surface area contributed by atoms with E-state index < -0.39 is 11.2 Å². The van der Waals surface area contributed by atoms with E-state index in [2.05, 4.69) is 0 Å². The molecule has 1 aromatic rings. The lowest BCUT2D eigenvalue weighted by Gasteiger charge is -2.15. The van der Waals surface area contributed by atoms with Gasteiger partial charge in [-0.25, -0.2) is 0 Å². The maximum absolute atomic E-state index is 10.8. The molecule has 0 saturated heterocycles. The number of nitrogens with zero attached hydrogens (tertiary/aromatic N) is 1. The standard InChI is InChI=1S/C11H11NO4/c1-7-3-4-9(12(13)14)8(2)10(7)11-15-5-6-16-11/h3-6,11H,1-2H3. The van der Waals surface area contributed by atoms with E-state index in [1.807, 2.05) is 6.92 Å². The van der Waals surface area contributed by atoms with E-state index >= 15 is 0 Å². The van der Waals surface area contributed by atoms with Crippen molar-refractivity contribution in [1.29, 1.82) is 0 Å².